The van der Waals surface area contributed by atoms with E-state index in [1.165, 1.54) is 24.3 Å². The topological polar surface area (TPSA) is 72.8 Å². The molecule has 1 aromatic carbocycles. The van der Waals surface area contributed by atoms with Crippen LogP contribution >= 0.6 is 0 Å². The van der Waals surface area contributed by atoms with E-state index in [4.69, 9.17) is 9.47 Å². The predicted molar refractivity (Wildman–Crippen MR) is 105 cm³/mol. The molecule has 1 aromatic rings. The highest BCUT2D eigenvalue weighted by Crippen LogP contribution is 2.37. The van der Waals surface area contributed by atoms with Crippen molar-refractivity contribution in [3.63, 3.8) is 0 Å². The molecule has 27 heavy (non-hydrogen) atoms. The van der Waals surface area contributed by atoms with Gasteiger partial charge in [-0.15, -0.1) is 0 Å². The maximum atomic E-state index is 12.4. The summed E-state index contributed by atoms with van der Waals surface area (Å²) in [5.41, 5.74) is 3.02. The van der Waals surface area contributed by atoms with Crippen LogP contribution in [0.1, 0.15) is 59.9 Å². The zero-order valence-corrected chi connectivity index (χ0v) is 16.5. The Labute approximate surface area is 160 Å². The number of carbonyl (C=O) groups is 2. The summed E-state index contributed by atoms with van der Waals surface area (Å²) in [4.78, 5) is 24.6. The van der Waals surface area contributed by atoms with Crippen LogP contribution < -0.4 is 4.74 Å². The molecule has 0 radical (unpaired) electrons. The Balaban J connectivity index is 2.20. The van der Waals surface area contributed by atoms with Crippen LogP contribution in [-0.2, 0) is 4.74 Å². The number of carbonyl (C=O) groups excluding carboxylic acids is 2. The third-order valence-corrected chi connectivity index (χ3v) is 4.47. The van der Waals surface area contributed by atoms with Crippen LogP contribution in [0.3, 0.4) is 0 Å². The molecule has 5 heteroatoms. The maximum absolute atomic E-state index is 12.4. The summed E-state index contributed by atoms with van der Waals surface area (Å²) in [6, 6.07) is 1.50. The van der Waals surface area contributed by atoms with Crippen molar-refractivity contribution < 1.29 is 24.2 Å². The molecule has 1 aliphatic carbocycles. The van der Waals surface area contributed by atoms with Gasteiger partial charge in [-0.05, 0) is 52.7 Å². The average Bonchev–Trinajstić information content (AvgIpc) is 2.61. The second-order valence-corrected chi connectivity index (χ2v) is 6.86. The van der Waals surface area contributed by atoms with Crippen LogP contribution in [0.15, 0.2) is 41.2 Å². The van der Waals surface area contributed by atoms with Crippen LogP contribution in [0.5, 0.6) is 11.5 Å². The van der Waals surface area contributed by atoms with Crippen molar-refractivity contribution in [1.82, 2.24) is 0 Å². The largest absolute Gasteiger partial charge is 0.507 e. The molecule has 0 spiro atoms. The standard InChI is InChI=1S/C22H26O5/c1-13(2)7-6-8-14(3)9-10-27-18-11-16-20(21(24)15(18)4)17(23)12-19(26-5)22(16)25/h7,9,11-12,24H,6,8,10H2,1-5H3. The van der Waals surface area contributed by atoms with Crippen molar-refractivity contribution in [3.05, 3.63) is 57.9 Å². The molecule has 0 fully saturated rings. The monoisotopic (exact) mass is 370 g/mol. The van der Waals surface area contributed by atoms with E-state index in [2.05, 4.69) is 19.9 Å². The highest BCUT2D eigenvalue weighted by molar-refractivity contribution is 6.25. The molecule has 0 saturated carbocycles. The van der Waals surface area contributed by atoms with Gasteiger partial charge in [0.2, 0.25) is 5.78 Å². The average molecular weight is 370 g/mol. The maximum Gasteiger partial charge on any atom is 0.228 e. The molecule has 0 amide bonds. The van der Waals surface area contributed by atoms with Crippen molar-refractivity contribution >= 4 is 11.6 Å². The van der Waals surface area contributed by atoms with Gasteiger partial charge in [-0.1, -0.05) is 17.2 Å². The smallest absolute Gasteiger partial charge is 0.228 e. The van der Waals surface area contributed by atoms with E-state index in [1.54, 1.807) is 6.92 Å². The van der Waals surface area contributed by atoms with E-state index in [1.807, 2.05) is 13.0 Å². The van der Waals surface area contributed by atoms with E-state index in [0.29, 0.717) is 17.9 Å². The molecule has 144 valence electrons. The molecule has 0 atom stereocenters. The van der Waals surface area contributed by atoms with Gasteiger partial charge in [0.1, 0.15) is 18.1 Å². The SMILES string of the molecule is COC1=CC(=O)c2c(cc(OCC=C(C)CCC=C(C)C)c(C)c2O)C1=O. The van der Waals surface area contributed by atoms with Crippen LogP contribution in [-0.4, -0.2) is 30.4 Å². The Bertz CT molecular complexity index is 852. The van der Waals surface area contributed by atoms with Gasteiger partial charge in [0.15, 0.2) is 11.5 Å². The molecule has 0 aliphatic heterocycles. The van der Waals surface area contributed by atoms with Crippen molar-refractivity contribution in [2.75, 3.05) is 13.7 Å². The number of benzene rings is 1. The second kappa shape index (κ2) is 8.71. The number of aromatic hydroxyl groups is 1. The number of Topliss-reactive ketones (excluding diaryl/α,β-unsaturated/α-hetero) is 1. The van der Waals surface area contributed by atoms with Crippen molar-refractivity contribution in [2.45, 2.75) is 40.5 Å². The number of methoxy groups -OCH3 is 1. The highest BCUT2D eigenvalue weighted by atomic mass is 16.5. The second-order valence-electron chi connectivity index (χ2n) is 6.86. The van der Waals surface area contributed by atoms with Gasteiger partial charge in [0.25, 0.3) is 0 Å². The first-order valence-corrected chi connectivity index (χ1v) is 8.89. The number of phenols is 1. The molecule has 2 rings (SSSR count). The molecule has 0 heterocycles. The number of rotatable bonds is 7. The zero-order valence-electron chi connectivity index (χ0n) is 16.5. The van der Waals surface area contributed by atoms with Gasteiger partial charge < -0.3 is 14.6 Å². The first-order valence-electron chi connectivity index (χ1n) is 8.89. The minimum atomic E-state index is -0.455. The fourth-order valence-electron chi connectivity index (χ4n) is 2.83. The van der Waals surface area contributed by atoms with Gasteiger partial charge >= 0.3 is 0 Å². The Hall–Kier alpha value is -2.82. The lowest BCUT2D eigenvalue weighted by Crippen LogP contribution is -2.19. The third kappa shape index (κ3) is 4.67. The summed E-state index contributed by atoms with van der Waals surface area (Å²) >= 11 is 0. The number of phenolic OH excluding ortho intramolecular Hbond substituents is 1. The quantitative estimate of drug-likeness (QED) is 0.706. The summed E-state index contributed by atoms with van der Waals surface area (Å²) in [7, 11) is 1.33. The minimum Gasteiger partial charge on any atom is -0.507 e. The van der Waals surface area contributed by atoms with Gasteiger partial charge in [-0.2, -0.15) is 0 Å². The number of ketones is 2. The summed E-state index contributed by atoms with van der Waals surface area (Å²) in [6.07, 6.45) is 7.18. The predicted octanol–water partition coefficient (Wildman–Crippen LogP) is 4.68. The molecular weight excluding hydrogens is 344 g/mol. The normalized spacial score (nSPS) is 13.8. The molecule has 0 aromatic heterocycles. The number of hydrogen-bond acceptors (Lipinski definition) is 5. The fourth-order valence-corrected chi connectivity index (χ4v) is 2.83. The first kappa shape index (κ1) is 20.5. The van der Waals surface area contributed by atoms with E-state index in [0.717, 1.165) is 18.9 Å². The highest BCUT2D eigenvalue weighted by Gasteiger charge is 2.31. The van der Waals surface area contributed by atoms with Crippen LogP contribution in [0.4, 0.5) is 0 Å². The van der Waals surface area contributed by atoms with Crippen molar-refractivity contribution in [3.8, 4) is 11.5 Å². The summed E-state index contributed by atoms with van der Waals surface area (Å²) in [6.45, 7) is 8.16. The number of hydrogen-bond donors (Lipinski definition) is 1. The molecule has 0 bridgehead atoms. The van der Waals surface area contributed by atoms with Gasteiger partial charge in [0, 0.05) is 17.2 Å². The molecule has 5 nitrogen and oxygen atoms in total. The van der Waals surface area contributed by atoms with E-state index in [-0.39, 0.29) is 22.6 Å². The van der Waals surface area contributed by atoms with Gasteiger partial charge in [0.05, 0.1) is 12.7 Å². The third-order valence-electron chi connectivity index (χ3n) is 4.47. The lowest BCUT2D eigenvalue weighted by Gasteiger charge is -2.19. The Morgan fingerprint density at radius 1 is 1.19 bits per heavy atom. The Morgan fingerprint density at radius 2 is 1.89 bits per heavy atom. The van der Waals surface area contributed by atoms with Crippen LogP contribution in [0.2, 0.25) is 0 Å². The Kier molecular flexibility index (Phi) is 6.61. The van der Waals surface area contributed by atoms with E-state index in [9.17, 15) is 14.7 Å². The lowest BCUT2D eigenvalue weighted by molar-refractivity contribution is 0.0914. The molecule has 0 saturated heterocycles. The number of allylic oxidation sites excluding steroid dienone is 5. The number of fused-ring (bicyclic) bond motifs is 1. The van der Waals surface area contributed by atoms with Crippen LogP contribution in [0.25, 0.3) is 0 Å². The van der Waals surface area contributed by atoms with Gasteiger partial charge in [-0.3, -0.25) is 9.59 Å². The Morgan fingerprint density at radius 3 is 2.52 bits per heavy atom. The van der Waals surface area contributed by atoms with E-state index >= 15 is 0 Å². The van der Waals surface area contributed by atoms with E-state index < -0.39 is 11.6 Å². The summed E-state index contributed by atoms with van der Waals surface area (Å²) in [5.74, 6) is -0.796. The minimum absolute atomic E-state index is 0.000838. The van der Waals surface area contributed by atoms with Crippen molar-refractivity contribution in [2.24, 2.45) is 0 Å². The lowest BCUT2D eigenvalue weighted by atomic mass is 9.90. The molecule has 1 aliphatic rings. The molecular formula is C22H26O5. The fraction of sp³-hybridized carbons (Fsp3) is 0.364. The summed E-state index contributed by atoms with van der Waals surface area (Å²) in [5, 5.41) is 10.4. The van der Waals surface area contributed by atoms with Crippen molar-refractivity contribution in [1.29, 1.82) is 0 Å². The molecule has 0 unspecified atom stereocenters. The van der Waals surface area contributed by atoms with Crippen LogP contribution in [0, 0.1) is 6.92 Å². The molecule has 1 N–H and O–H groups in total. The van der Waals surface area contributed by atoms with Gasteiger partial charge in [-0.25, -0.2) is 0 Å². The number of ether oxygens (including phenoxy) is 2. The first-order chi connectivity index (χ1) is 12.8. The zero-order chi connectivity index (χ0) is 20.1. The summed E-state index contributed by atoms with van der Waals surface area (Å²) < 4.78 is 10.7.